The number of likely N-dealkylation sites (tertiary alicyclic amines) is 1. The molecule has 1 aliphatic rings. The molecule has 0 aliphatic carbocycles. The summed E-state index contributed by atoms with van der Waals surface area (Å²) in [4.78, 5) is 18.4. The van der Waals surface area contributed by atoms with Crippen LogP contribution in [0.15, 0.2) is 41.8 Å². The molecule has 2 aromatic rings. The maximum absolute atomic E-state index is 12.2. The lowest BCUT2D eigenvalue weighted by molar-refractivity contribution is 0.0651. The van der Waals surface area contributed by atoms with Gasteiger partial charge >= 0.3 is 0 Å². The summed E-state index contributed by atoms with van der Waals surface area (Å²) in [6, 6.07) is 7.91. The van der Waals surface area contributed by atoms with Crippen LogP contribution in [0.25, 0.3) is 0 Å². The monoisotopic (exact) mass is 287 g/mol. The van der Waals surface area contributed by atoms with Crippen LogP contribution in [0.5, 0.6) is 0 Å². The molecule has 0 spiro atoms. The Balaban J connectivity index is 1.68. The number of amides is 1. The maximum Gasteiger partial charge on any atom is 0.253 e. The standard InChI is InChI=1S/C15H17N3OS/c1-17-9-6-16-15(17)20-11-12-4-2-5-13(10-12)14(19)18-7-3-8-18/h2,4-6,9-10H,3,7-8,11H2,1H3. The topological polar surface area (TPSA) is 38.1 Å². The summed E-state index contributed by atoms with van der Waals surface area (Å²) >= 11 is 1.68. The SMILES string of the molecule is Cn1ccnc1SCc1cccc(C(=O)N2CCC2)c1. The van der Waals surface area contributed by atoms with Crippen molar-refractivity contribution in [1.29, 1.82) is 0 Å². The van der Waals surface area contributed by atoms with E-state index in [2.05, 4.69) is 11.1 Å². The second-order valence-corrected chi connectivity index (χ2v) is 5.90. The molecule has 104 valence electrons. The van der Waals surface area contributed by atoms with Crippen molar-refractivity contribution in [2.75, 3.05) is 13.1 Å². The minimum atomic E-state index is 0.153. The van der Waals surface area contributed by atoms with Crippen LogP contribution in [-0.4, -0.2) is 33.4 Å². The van der Waals surface area contributed by atoms with Crippen molar-refractivity contribution in [3.05, 3.63) is 47.8 Å². The third-order valence-corrected chi connectivity index (χ3v) is 4.59. The van der Waals surface area contributed by atoms with Gasteiger partial charge in [-0.05, 0) is 24.1 Å². The van der Waals surface area contributed by atoms with Crippen LogP contribution in [0.3, 0.4) is 0 Å². The first-order valence-corrected chi connectivity index (χ1v) is 7.71. The molecule has 1 aromatic heterocycles. The molecule has 2 heterocycles. The van der Waals surface area contributed by atoms with Gasteiger partial charge in [-0.15, -0.1) is 0 Å². The van der Waals surface area contributed by atoms with Crippen LogP contribution in [-0.2, 0) is 12.8 Å². The van der Waals surface area contributed by atoms with Crippen molar-refractivity contribution >= 4 is 17.7 Å². The van der Waals surface area contributed by atoms with E-state index in [4.69, 9.17) is 0 Å². The summed E-state index contributed by atoms with van der Waals surface area (Å²) in [6.07, 6.45) is 4.86. The van der Waals surface area contributed by atoms with Gasteiger partial charge in [-0.2, -0.15) is 0 Å². The van der Waals surface area contributed by atoms with Crippen LogP contribution in [0, 0.1) is 0 Å². The van der Waals surface area contributed by atoms with Crippen molar-refractivity contribution in [3.8, 4) is 0 Å². The lowest BCUT2D eigenvalue weighted by Crippen LogP contribution is -2.42. The van der Waals surface area contributed by atoms with E-state index < -0.39 is 0 Å². The normalized spacial score (nSPS) is 14.2. The molecule has 5 heteroatoms. The Bertz CT molecular complexity index is 619. The summed E-state index contributed by atoms with van der Waals surface area (Å²) in [5, 5.41) is 0.990. The number of hydrogen-bond donors (Lipinski definition) is 0. The Hall–Kier alpha value is -1.75. The molecule has 1 aliphatic heterocycles. The number of carbonyl (C=O) groups is 1. The van der Waals surface area contributed by atoms with Gasteiger partial charge in [0.25, 0.3) is 5.91 Å². The average Bonchev–Trinajstić information content (AvgIpc) is 2.80. The predicted octanol–water partition coefficient (Wildman–Crippen LogP) is 2.56. The lowest BCUT2D eigenvalue weighted by atomic mass is 10.1. The third-order valence-electron chi connectivity index (χ3n) is 3.46. The van der Waals surface area contributed by atoms with Gasteiger partial charge in [-0.1, -0.05) is 23.9 Å². The van der Waals surface area contributed by atoms with Crippen LogP contribution in [0.2, 0.25) is 0 Å². The highest BCUT2D eigenvalue weighted by atomic mass is 32.2. The highest BCUT2D eigenvalue weighted by Gasteiger charge is 2.21. The van der Waals surface area contributed by atoms with Crippen LogP contribution >= 0.6 is 11.8 Å². The van der Waals surface area contributed by atoms with Gasteiger partial charge in [0.05, 0.1) is 0 Å². The van der Waals surface area contributed by atoms with Gasteiger partial charge in [0.2, 0.25) is 0 Å². The zero-order chi connectivity index (χ0) is 13.9. The molecule has 0 unspecified atom stereocenters. The number of carbonyl (C=O) groups excluding carboxylic acids is 1. The minimum absolute atomic E-state index is 0.153. The van der Waals surface area contributed by atoms with E-state index in [9.17, 15) is 4.79 Å². The summed E-state index contributed by atoms with van der Waals surface area (Å²) in [5.41, 5.74) is 1.95. The third kappa shape index (κ3) is 2.72. The van der Waals surface area contributed by atoms with E-state index >= 15 is 0 Å². The first-order chi connectivity index (χ1) is 9.74. The van der Waals surface area contributed by atoms with Gasteiger partial charge < -0.3 is 9.47 Å². The summed E-state index contributed by atoms with van der Waals surface area (Å²) in [7, 11) is 1.99. The molecule has 1 saturated heterocycles. The lowest BCUT2D eigenvalue weighted by Gasteiger charge is -2.31. The fourth-order valence-corrected chi connectivity index (χ4v) is 3.01. The number of thioether (sulfide) groups is 1. The Morgan fingerprint density at radius 1 is 1.40 bits per heavy atom. The molecule has 0 atom stereocenters. The zero-order valence-corrected chi connectivity index (χ0v) is 12.3. The van der Waals surface area contributed by atoms with E-state index in [1.807, 2.05) is 40.9 Å². The molecule has 1 aromatic carbocycles. The number of aryl methyl sites for hydroxylation is 1. The molecule has 3 rings (SSSR count). The minimum Gasteiger partial charge on any atom is -0.339 e. The molecule has 0 bridgehead atoms. The van der Waals surface area contributed by atoms with Crippen molar-refractivity contribution in [3.63, 3.8) is 0 Å². The fourth-order valence-electron chi connectivity index (χ4n) is 2.13. The molecule has 4 nitrogen and oxygen atoms in total. The van der Waals surface area contributed by atoms with Gasteiger partial charge in [0.15, 0.2) is 5.16 Å². The Labute approximate surface area is 122 Å². The second kappa shape index (κ2) is 5.71. The first-order valence-electron chi connectivity index (χ1n) is 6.72. The summed E-state index contributed by atoms with van der Waals surface area (Å²) < 4.78 is 2.00. The van der Waals surface area contributed by atoms with Gasteiger partial charge in [0.1, 0.15) is 0 Å². The van der Waals surface area contributed by atoms with Crippen molar-refractivity contribution < 1.29 is 4.79 Å². The number of imidazole rings is 1. The zero-order valence-electron chi connectivity index (χ0n) is 11.5. The van der Waals surface area contributed by atoms with Gasteiger partial charge in [-0.3, -0.25) is 4.79 Å². The number of benzene rings is 1. The molecule has 1 fully saturated rings. The number of nitrogens with zero attached hydrogens (tertiary/aromatic N) is 3. The molecular formula is C15H17N3OS. The van der Waals surface area contributed by atoms with E-state index in [1.54, 1.807) is 18.0 Å². The smallest absolute Gasteiger partial charge is 0.253 e. The molecule has 0 saturated carbocycles. The average molecular weight is 287 g/mol. The Morgan fingerprint density at radius 2 is 2.25 bits per heavy atom. The largest absolute Gasteiger partial charge is 0.339 e. The van der Waals surface area contributed by atoms with Gasteiger partial charge in [0, 0.05) is 43.8 Å². The summed E-state index contributed by atoms with van der Waals surface area (Å²) in [6.45, 7) is 1.79. The highest BCUT2D eigenvalue weighted by molar-refractivity contribution is 7.98. The van der Waals surface area contributed by atoms with E-state index in [-0.39, 0.29) is 5.91 Å². The number of rotatable bonds is 4. The van der Waals surface area contributed by atoms with E-state index in [0.717, 1.165) is 41.5 Å². The number of aromatic nitrogens is 2. The van der Waals surface area contributed by atoms with Gasteiger partial charge in [-0.25, -0.2) is 4.98 Å². The van der Waals surface area contributed by atoms with Crippen molar-refractivity contribution in [1.82, 2.24) is 14.5 Å². The quantitative estimate of drug-likeness (QED) is 0.811. The van der Waals surface area contributed by atoms with E-state index in [1.165, 1.54) is 0 Å². The van der Waals surface area contributed by atoms with E-state index in [0.29, 0.717) is 0 Å². The Kier molecular flexibility index (Phi) is 3.78. The number of hydrogen-bond acceptors (Lipinski definition) is 3. The van der Waals surface area contributed by atoms with Crippen molar-refractivity contribution in [2.24, 2.45) is 7.05 Å². The molecule has 0 radical (unpaired) electrons. The molecule has 0 N–H and O–H groups in total. The Morgan fingerprint density at radius 3 is 2.90 bits per heavy atom. The molecule has 1 amide bonds. The molecule has 20 heavy (non-hydrogen) atoms. The highest BCUT2D eigenvalue weighted by Crippen LogP contribution is 2.22. The predicted molar refractivity (Wildman–Crippen MR) is 79.7 cm³/mol. The second-order valence-electron chi connectivity index (χ2n) is 4.96. The van der Waals surface area contributed by atoms with Crippen LogP contribution < -0.4 is 0 Å². The van der Waals surface area contributed by atoms with Crippen molar-refractivity contribution in [2.45, 2.75) is 17.3 Å². The van der Waals surface area contributed by atoms with Crippen LogP contribution in [0.4, 0.5) is 0 Å². The fraction of sp³-hybridized carbons (Fsp3) is 0.333. The summed E-state index contributed by atoms with van der Waals surface area (Å²) in [5.74, 6) is 0.978. The first kappa shape index (κ1) is 13.2. The van der Waals surface area contributed by atoms with Crippen LogP contribution in [0.1, 0.15) is 22.3 Å². The maximum atomic E-state index is 12.2. The molecular weight excluding hydrogens is 270 g/mol.